The maximum absolute atomic E-state index is 13.0. The minimum Gasteiger partial charge on any atom is -0.325 e. The number of amides is 4. The predicted molar refractivity (Wildman–Crippen MR) is 104 cm³/mol. The second kappa shape index (κ2) is 10.3. The van der Waals surface area contributed by atoms with Crippen LogP contribution >= 0.6 is 0 Å². The number of hydrogen-bond acceptors (Lipinski definition) is 3. The highest BCUT2D eigenvalue weighted by molar-refractivity contribution is 5.95. The van der Waals surface area contributed by atoms with Crippen LogP contribution in [0.4, 0.5) is 18.0 Å². The van der Waals surface area contributed by atoms with Gasteiger partial charge in [0.2, 0.25) is 0 Å². The van der Waals surface area contributed by atoms with Crippen LogP contribution < -0.4 is 10.9 Å². The van der Waals surface area contributed by atoms with Gasteiger partial charge >= 0.3 is 18.1 Å². The van der Waals surface area contributed by atoms with Crippen molar-refractivity contribution in [2.75, 3.05) is 13.1 Å². The summed E-state index contributed by atoms with van der Waals surface area (Å²) in [5.41, 5.74) is 3.94. The molecule has 0 atom stereocenters. The Morgan fingerprint density at radius 3 is 2.07 bits per heavy atom. The molecule has 0 saturated heterocycles. The zero-order valence-electron chi connectivity index (χ0n) is 17.1. The molecular weight excluding hydrogens is 401 g/mol. The normalized spacial score (nSPS) is 14.3. The Kier molecular flexibility index (Phi) is 8.08. The lowest BCUT2D eigenvalue weighted by atomic mass is 10.1. The average Bonchev–Trinajstić information content (AvgIpc) is 3.25. The molecule has 1 aromatic rings. The minimum absolute atomic E-state index is 0.0245. The van der Waals surface area contributed by atoms with E-state index in [9.17, 15) is 27.6 Å². The molecule has 2 N–H and O–H groups in total. The maximum atomic E-state index is 13.0. The summed E-state index contributed by atoms with van der Waals surface area (Å²) in [5.74, 6) is -3.12. The third kappa shape index (κ3) is 6.11. The number of carbonyl (C=O) groups is 3. The molecule has 10 heteroatoms. The van der Waals surface area contributed by atoms with Gasteiger partial charge in [-0.25, -0.2) is 4.79 Å². The van der Waals surface area contributed by atoms with E-state index in [2.05, 4.69) is 0 Å². The molecule has 2 rings (SSSR count). The van der Waals surface area contributed by atoms with Crippen LogP contribution in [0, 0.1) is 0 Å². The van der Waals surface area contributed by atoms with Gasteiger partial charge in [-0.05, 0) is 44.4 Å². The van der Waals surface area contributed by atoms with Gasteiger partial charge in [0.1, 0.15) is 0 Å². The lowest BCUT2D eigenvalue weighted by molar-refractivity contribution is -0.174. The van der Waals surface area contributed by atoms with Gasteiger partial charge in [-0.3, -0.25) is 20.4 Å². The monoisotopic (exact) mass is 428 g/mol. The lowest BCUT2D eigenvalue weighted by Crippen LogP contribution is -2.47. The third-order valence-corrected chi connectivity index (χ3v) is 5.16. The van der Waals surface area contributed by atoms with E-state index in [0.717, 1.165) is 31.2 Å². The van der Waals surface area contributed by atoms with E-state index in [1.165, 1.54) is 17.6 Å². The first-order valence-corrected chi connectivity index (χ1v) is 9.99. The van der Waals surface area contributed by atoms with E-state index < -0.39 is 18.0 Å². The van der Waals surface area contributed by atoms with Gasteiger partial charge in [0.15, 0.2) is 0 Å². The second-order valence-electron chi connectivity index (χ2n) is 7.12. The first-order valence-electron chi connectivity index (χ1n) is 9.99. The van der Waals surface area contributed by atoms with Crippen LogP contribution in [0.15, 0.2) is 24.3 Å². The van der Waals surface area contributed by atoms with E-state index in [0.29, 0.717) is 19.6 Å². The number of alkyl halides is 3. The van der Waals surface area contributed by atoms with Crippen molar-refractivity contribution in [3.05, 3.63) is 35.4 Å². The van der Waals surface area contributed by atoms with Crippen molar-refractivity contribution in [2.45, 2.75) is 58.3 Å². The van der Waals surface area contributed by atoms with Crippen molar-refractivity contribution < 1.29 is 27.6 Å². The minimum atomic E-state index is -5.09. The third-order valence-electron chi connectivity index (χ3n) is 5.16. The number of halogens is 3. The Morgan fingerprint density at radius 1 is 1.00 bits per heavy atom. The van der Waals surface area contributed by atoms with Crippen LogP contribution in [0.5, 0.6) is 0 Å². The molecule has 30 heavy (non-hydrogen) atoms. The fourth-order valence-corrected chi connectivity index (χ4v) is 3.46. The van der Waals surface area contributed by atoms with Crippen LogP contribution in [-0.4, -0.2) is 53.0 Å². The van der Waals surface area contributed by atoms with Crippen LogP contribution in [-0.2, 0) is 11.3 Å². The number of carbonyl (C=O) groups excluding carboxylic acids is 3. The summed E-state index contributed by atoms with van der Waals surface area (Å²) < 4.78 is 36.5. The van der Waals surface area contributed by atoms with Crippen LogP contribution in [0.2, 0.25) is 0 Å². The van der Waals surface area contributed by atoms with Crippen LogP contribution in [0.3, 0.4) is 0 Å². The number of urea groups is 1. The summed E-state index contributed by atoms with van der Waals surface area (Å²) in [6.45, 7) is 5.47. The number of nitrogens with one attached hydrogen (secondary N) is 2. The van der Waals surface area contributed by atoms with E-state index in [1.807, 2.05) is 18.7 Å². The molecule has 1 aliphatic carbocycles. The molecule has 0 aliphatic heterocycles. The maximum Gasteiger partial charge on any atom is 0.472 e. The SMILES string of the molecule is CCN(CC)C(=O)N(Cc1ccc(C(=O)NNC(=O)C(F)(F)F)cc1)C1CCCC1. The topological polar surface area (TPSA) is 81.8 Å². The van der Waals surface area contributed by atoms with Gasteiger partial charge in [-0.2, -0.15) is 13.2 Å². The molecule has 1 aromatic carbocycles. The molecule has 0 heterocycles. The summed E-state index contributed by atoms with van der Waals surface area (Å²) in [5, 5.41) is 0. The smallest absolute Gasteiger partial charge is 0.325 e. The van der Waals surface area contributed by atoms with Crippen molar-refractivity contribution >= 4 is 17.8 Å². The Hall–Kier alpha value is -2.78. The molecule has 0 aromatic heterocycles. The standard InChI is InChI=1S/C20H27F3N4O3/c1-3-26(4-2)19(30)27(16-7-5-6-8-16)13-14-9-11-15(12-10-14)17(28)24-25-18(29)20(21,22)23/h9-12,16H,3-8,13H2,1-2H3,(H,24,28)(H,25,29). The molecule has 0 radical (unpaired) electrons. The zero-order chi connectivity index (χ0) is 22.3. The van der Waals surface area contributed by atoms with Crippen molar-refractivity contribution in [1.82, 2.24) is 20.7 Å². The van der Waals surface area contributed by atoms with Crippen molar-refractivity contribution in [2.24, 2.45) is 0 Å². The molecule has 1 saturated carbocycles. The molecule has 0 unspecified atom stereocenters. The molecule has 166 valence electrons. The highest BCUT2D eigenvalue weighted by atomic mass is 19.4. The van der Waals surface area contributed by atoms with Crippen molar-refractivity contribution in [3.63, 3.8) is 0 Å². The summed E-state index contributed by atoms with van der Waals surface area (Å²) in [4.78, 5) is 39.3. The number of benzene rings is 1. The Morgan fingerprint density at radius 2 is 1.57 bits per heavy atom. The van der Waals surface area contributed by atoms with E-state index in [4.69, 9.17) is 0 Å². The Labute approximate surface area is 173 Å². The Bertz CT molecular complexity index is 743. The first kappa shape index (κ1) is 23.5. The van der Waals surface area contributed by atoms with Gasteiger partial charge in [-0.1, -0.05) is 25.0 Å². The van der Waals surface area contributed by atoms with Gasteiger partial charge in [0.25, 0.3) is 5.91 Å². The highest BCUT2D eigenvalue weighted by Gasteiger charge is 2.39. The summed E-state index contributed by atoms with van der Waals surface area (Å²) >= 11 is 0. The van der Waals surface area contributed by atoms with E-state index >= 15 is 0 Å². The number of hydrazine groups is 1. The quantitative estimate of drug-likeness (QED) is 0.683. The van der Waals surface area contributed by atoms with Crippen molar-refractivity contribution in [1.29, 1.82) is 0 Å². The molecule has 7 nitrogen and oxygen atoms in total. The number of rotatable bonds is 6. The number of hydrogen-bond donors (Lipinski definition) is 2. The fraction of sp³-hybridized carbons (Fsp3) is 0.550. The summed E-state index contributed by atoms with van der Waals surface area (Å²) in [7, 11) is 0. The molecular formula is C20H27F3N4O3. The molecule has 0 bridgehead atoms. The fourth-order valence-electron chi connectivity index (χ4n) is 3.46. The van der Waals surface area contributed by atoms with E-state index in [1.54, 1.807) is 22.5 Å². The molecule has 1 fully saturated rings. The molecule has 4 amide bonds. The lowest BCUT2D eigenvalue weighted by Gasteiger charge is -2.34. The zero-order valence-corrected chi connectivity index (χ0v) is 17.1. The molecule has 1 aliphatic rings. The number of nitrogens with zero attached hydrogens (tertiary/aromatic N) is 2. The van der Waals surface area contributed by atoms with Crippen molar-refractivity contribution in [3.8, 4) is 0 Å². The average molecular weight is 428 g/mol. The van der Waals surface area contributed by atoms with Gasteiger partial charge in [-0.15, -0.1) is 0 Å². The first-order chi connectivity index (χ1) is 14.2. The predicted octanol–water partition coefficient (Wildman–Crippen LogP) is 3.22. The summed E-state index contributed by atoms with van der Waals surface area (Å²) in [6, 6.07) is 6.33. The highest BCUT2D eigenvalue weighted by Crippen LogP contribution is 2.26. The van der Waals surface area contributed by atoms with Gasteiger partial charge < -0.3 is 9.80 Å². The largest absolute Gasteiger partial charge is 0.472 e. The second-order valence-corrected chi connectivity index (χ2v) is 7.12. The van der Waals surface area contributed by atoms with E-state index in [-0.39, 0.29) is 17.6 Å². The Balaban J connectivity index is 2.05. The van der Waals surface area contributed by atoms with Gasteiger partial charge in [0.05, 0.1) is 0 Å². The van der Waals surface area contributed by atoms with Gasteiger partial charge in [0, 0.05) is 31.2 Å². The van der Waals surface area contributed by atoms with Crippen LogP contribution in [0.1, 0.15) is 55.5 Å². The van der Waals surface area contributed by atoms with Crippen LogP contribution in [0.25, 0.3) is 0 Å². The summed E-state index contributed by atoms with van der Waals surface area (Å²) in [6.07, 6.45) is -1.03. The molecule has 0 spiro atoms.